The Morgan fingerprint density at radius 1 is 1.53 bits per heavy atom. The summed E-state index contributed by atoms with van der Waals surface area (Å²) in [5.41, 5.74) is 0.988. The summed E-state index contributed by atoms with van der Waals surface area (Å²) >= 11 is 3.39. The Morgan fingerprint density at radius 2 is 2.18 bits per heavy atom. The second-order valence-electron chi connectivity index (χ2n) is 4.47. The van der Waals surface area contributed by atoms with E-state index in [1.807, 2.05) is 32.0 Å². The van der Waals surface area contributed by atoms with Crippen LogP contribution >= 0.6 is 15.9 Å². The van der Waals surface area contributed by atoms with Gasteiger partial charge in [-0.05, 0) is 44.0 Å². The molecule has 0 radical (unpaired) electrons. The Hall–Kier alpha value is -1.03. The van der Waals surface area contributed by atoms with E-state index < -0.39 is 11.5 Å². The van der Waals surface area contributed by atoms with Crippen LogP contribution in [-0.4, -0.2) is 16.6 Å². The number of anilines is 1. The number of hydrogen-bond acceptors (Lipinski definition) is 2. The molecule has 0 aromatic heterocycles. The van der Waals surface area contributed by atoms with E-state index in [0.29, 0.717) is 6.42 Å². The summed E-state index contributed by atoms with van der Waals surface area (Å²) in [6, 6.07) is 5.77. The van der Waals surface area contributed by atoms with Gasteiger partial charge in [0.1, 0.15) is 5.54 Å². The molecule has 0 aliphatic carbocycles. The number of carboxylic acids is 1. The highest BCUT2D eigenvalue weighted by Gasteiger charge is 2.32. The molecule has 0 heterocycles. The van der Waals surface area contributed by atoms with Gasteiger partial charge in [0, 0.05) is 10.2 Å². The Kier molecular flexibility index (Phi) is 4.57. The minimum absolute atomic E-state index is 0.595. The van der Waals surface area contributed by atoms with Gasteiger partial charge in [-0.25, -0.2) is 4.79 Å². The molecule has 0 saturated heterocycles. The van der Waals surface area contributed by atoms with Crippen LogP contribution in [0.25, 0.3) is 0 Å². The molecule has 0 aliphatic rings. The van der Waals surface area contributed by atoms with Crippen molar-refractivity contribution >= 4 is 27.6 Å². The lowest BCUT2D eigenvalue weighted by Gasteiger charge is -2.28. The largest absolute Gasteiger partial charge is 0.480 e. The van der Waals surface area contributed by atoms with E-state index in [4.69, 9.17) is 0 Å². The SMILES string of the molecule is CCCC(C)(Nc1ccc(Br)cc1C)C(=O)O. The molecule has 94 valence electrons. The molecule has 2 N–H and O–H groups in total. The lowest BCUT2D eigenvalue weighted by molar-refractivity contribution is -0.141. The van der Waals surface area contributed by atoms with E-state index in [1.54, 1.807) is 6.92 Å². The fraction of sp³-hybridized carbons (Fsp3) is 0.462. The van der Waals surface area contributed by atoms with Crippen LogP contribution in [0.4, 0.5) is 5.69 Å². The Labute approximate surface area is 110 Å². The third-order valence-corrected chi connectivity index (χ3v) is 3.31. The van der Waals surface area contributed by atoms with Gasteiger partial charge in [-0.2, -0.15) is 0 Å². The zero-order chi connectivity index (χ0) is 13.1. The number of aryl methyl sites for hydroxylation is 1. The lowest BCUT2D eigenvalue weighted by atomic mass is 9.95. The minimum Gasteiger partial charge on any atom is -0.480 e. The van der Waals surface area contributed by atoms with Gasteiger partial charge < -0.3 is 10.4 Å². The van der Waals surface area contributed by atoms with Crippen molar-refractivity contribution < 1.29 is 9.90 Å². The van der Waals surface area contributed by atoms with Crippen LogP contribution in [0, 0.1) is 6.92 Å². The first kappa shape index (κ1) is 14.0. The van der Waals surface area contributed by atoms with Crippen molar-refractivity contribution in [1.29, 1.82) is 0 Å². The van der Waals surface area contributed by atoms with Gasteiger partial charge in [0.2, 0.25) is 0 Å². The number of halogens is 1. The first-order chi connectivity index (χ1) is 7.89. The number of hydrogen-bond donors (Lipinski definition) is 2. The van der Waals surface area contributed by atoms with Crippen LogP contribution in [0.15, 0.2) is 22.7 Å². The maximum atomic E-state index is 11.3. The van der Waals surface area contributed by atoms with Crippen molar-refractivity contribution in [2.24, 2.45) is 0 Å². The van der Waals surface area contributed by atoms with E-state index >= 15 is 0 Å². The Balaban J connectivity index is 2.98. The molecule has 1 atom stereocenters. The van der Waals surface area contributed by atoms with Gasteiger partial charge in [0.05, 0.1) is 0 Å². The predicted molar refractivity (Wildman–Crippen MR) is 73.5 cm³/mol. The van der Waals surface area contributed by atoms with Gasteiger partial charge >= 0.3 is 5.97 Å². The molecular weight excluding hydrogens is 282 g/mol. The number of benzene rings is 1. The van der Waals surface area contributed by atoms with Crippen LogP contribution in [-0.2, 0) is 4.79 Å². The molecule has 0 fully saturated rings. The van der Waals surface area contributed by atoms with Crippen molar-refractivity contribution in [3.05, 3.63) is 28.2 Å². The highest BCUT2D eigenvalue weighted by atomic mass is 79.9. The molecule has 1 aromatic carbocycles. The third-order valence-electron chi connectivity index (χ3n) is 2.82. The van der Waals surface area contributed by atoms with Crippen LogP contribution in [0.3, 0.4) is 0 Å². The first-order valence-corrected chi connectivity index (χ1v) is 6.46. The first-order valence-electron chi connectivity index (χ1n) is 5.67. The average molecular weight is 300 g/mol. The van der Waals surface area contributed by atoms with Crippen LogP contribution in [0.2, 0.25) is 0 Å². The van der Waals surface area contributed by atoms with Gasteiger partial charge in [-0.15, -0.1) is 0 Å². The normalized spacial score (nSPS) is 14.1. The van der Waals surface area contributed by atoms with E-state index in [0.717, 1.165) is 22.1 Å². The van der Waals surface area contributed by atoms with Crippen LogP contribution in [0.1, 0.15) is 32.3 Å². The molecule has 3 nitrogen and oxygen atoms in total. The summed E-state index contributed by atoms with van der Waals surface area (Å²) < 4.78 is 0.994. The lowest BCUT2D eigenvalue weighted by Crippen LogP contribution is -2.43. The summed E-state index contributed by atoms with van der Waals surface area (Å²) in [4.78, 5) is 11.3. The van der Waals surface area contributed by atoms with Crippen LogP contribution < -0.4 is 5.32 Å². The van der Waals surface area contributed by atoms with Crippen LogP contribution in [0.5, 0.6) is 0 Å². The maximum Gasteiger partial charge on any atom is 0.329 e. The maximum absolute atomic E-state index is 11.3. The van der Waals surface area contributed by atoms with Gasteiger partial charge in [-0.3, -0.25) is 0 Å². The number of carbonyl (C=O) groups is 1. The van der Waals surface area contributed by atoms with Crippen molar-refractivity contribution in [3.8, 4) is 0 Å². The minimum atomic E-state index is -0.909. The van der Waals surface area contributed by atoms with Crippen molar-refractivity contribution in [1.82, 2.24) is 0 Å². The molecule has 0 amide bonds. The number of carboxylic acid groups (broad SMARTS) is 1. The summed E-state index contributed by atoms with van der Waals surface area (Å²) in [6.07, 6.45) is 1.42. The summed E-state index contributed by atoms with van der Waals surface area (Å²) in [6.45, 7) is 5.67. The molecule has 0 spiro atoms. The quantitative estimate of drug-likeness (QED) is 0.869. The zero-order valence-corrected chi connectivity index (χ0v) is 12.0. The monoisotopic (exact) mass is 299 g/mol. The second kappa shape index (κ2) is 5.54. The third kappa shape index (κ3) is 3.46. The molecule has 0 saturated carbocycles. The topological polar surface area (TPSA) is 49.3 Å². The highest BCUT2D eigenvalue weighted by molar-refractivity contribution is 9.10. The molecule has 4 heteroatoms. The number of rotatable bonds is 5. The Bertz CT molecular complexity index is 420. The van der Waals surface area contributed by atoms with E-state index in [9.17, 15) is 9.90 Å². The number of nitrogens with one attached hydrogen (secondary N) is 1. The summed E-state index contributed by atoms with van der Waals surface area (Å²) in [5, 5.41) is 12.4. The molecular formula is C13H18BrNO2. The average Bonchev–Trinajstić information content (AvgIpc) is 2.22. The summed E-state index contributed by atoms with van der Waals surface area (Å²) in [5.74, 6) is -0.818. The van der Waals surface area contributed by atoms with Gasteiger partial charge in [0.15, 0.2) is 0 Å². The molecule has 1 aromatic rings. The van der Waals surface area contributed by atoms with Crippen molar-refractivity contribution in [2.75, 3.05) is 5.32 Å². The zero-order valence-electron chi connectivity index (χ0n) is 10.4. The molecule has 0 bridgehead atoms. The van der Waals surface area contributed by atoms with Gasteiger partial charge in [-0.1, -0.05) is 29.3 Å². The Morgan fingerprint density at radius 3 is 2.65 bits per heavy atom. The summed E-state index contributed by atoms with van der Waals surface area (Å²) in [7, 11) is 0. The number of aliphatic carboxylic acids is 1. The molecule has 1 rings (SSSR count). The molecule has 17 heavy (non-hydrogen) atoms. The molecule has 1 unspecified atom stereocenters. The fourth-order valence-corrected chi connectivity index (χ4v) is 2.26. The standard InChI is InChI=1S/C13H18BrNO2/c1-4-7-13(3,12(16)17)15-11-6-5-10(14)8-9(11)2/h5-6,8,15H,4,7H2,1-3H3,(H,16,17). The van der Waals surface area contributed by atoms with Crippen molar-refractivity contribution in [3.63, 3.8) is 0 Å². The van der Waals surface area contributed by atoms with E-state index in [-0.39, 0.29) is 0 Å². The highest BCUT2D eigenvalue weighted by Crippen LogP contribution is 2.25. The van der Waals surface area contributed by atoms with E-state index in [1.165, 1.54) is 0 Å². The fourth-order valence-electron chi connectivity index (χ4n) is 1.79. The predicted octanol–water partition coefficient (Wildman–Crippen LogP) is 3.81. The second-order valence-corrected chi connectivity index (χ2v) is 5.39. The molecule has 0 aliphatic heterocycles. The van der Waals surface area contributed by atoms with Gasteiger partial charge in [0.25, 0.3) is 0 Å². The van der Waals surface area contributed by atoms with E-state index in [2.05, 4.69) is 21.2 Å². The van der Waals surface area contributed by atoms with Crippen molar-refractivity contribution in [2.45, 2.75) is 39.2 Å². The smallest absolute Gasteiger partial charge is 0.329 e.